The lowest BCUT2D eigenvalue weighted by molar-refractivity contribution is 0.0935. The molecule has 3 aromatic rings. The molecule has 0 saturated carbocycles. The molecule has 2 N–H and O–H groups in total. The molecule has 0 radical (unpaired) electrons. The number of sulfonamides is 1. The molecule has 0 unspecified atom stereocenters. The van der Waals surface area contributed by atoms with E-state index in [0.717, 1.165) is 17.5 Å². The van der Waals surface area contributed by atoms with E-state index in [1.54, 1.807) is 43.3 Å². The molecule has 6 heteroatoms. The largest absolute Gasteiger partial charge is 0.345 e. The van der Waals surface area contributed by atoms with E-state index in [1.165, 1.54) is 17.7 Å². The molecule has 0 aliphatic carbocycles. The van der Waals surface area contributed by atoms with Crippen molar-refractivity contribution in [1.29, 1.82) is 0 Å². The van der Waals surface area contributed by atoms with E-state index in [-0.39, 0.29) is 16.8 Å². The van der Waals surface area contributed by atoms with Crippen molar-refractivity contribution < 1.29 is 13.2 Å². The number of aryl methyl sites for hydroxylation is 2. The Morgan fingerprint density at radius 3 is 2.29 bits per heavy atom. The minimum Gasteiger partial charge on any atom is -0.345 e. The fourth-order valence-electron chi connectivity index (χ4n) is 3.65. The van der Waals surface area contributed by atoms with Gasteiger partial charge in [-0.1, -0.05) is 55.0 Å². The lowest BCUT2D eigenvalue weighted by Gasteiger charge is -2.21. The van der Waals surface area contributed by atoms with Crippen molar-refractivity contribution in [2.45, 2.75) is 45.1 Å². The Morgan fingerprint density at radius 1 is 0.935 bits per heavy atom. The summed E-state index contributed by atoms with van der Waals surface area (Å²) in [5, 5.41) is 3.11. The van der Waals surface area contributed by atoms with Gasteiger partial charge in [0.25, 0.3) is 15.9 Å². The molecule has 0 aliphatic rings. The highest BCUT2D eigenvalue weighted by molar-refractivity contribution is 7.92. The van der Waals surface area contributed by atoms with Gasteiger partial charge in [0.15, 0.2) is 0 Å². The molecule has 0 bridgehead atoms. The monoisotopic (exact) mass is 436 g/mol. The molecule has 0 heterocycles. The van der Waals surface area contributed by atoms with Gasteiger partial charge in [-0.25, -0.2) is 8.42 Å². The van der Waals surface area contributed by atoms with Crippen LogP contribution in [-0.2, 0) is 10.0 Å². The van der Waals surface area contributed by atoms with Crippen LogP contribution in [0.25, 0.3) is 0 Å². The predicted molar refractivity (Wildman–Crippen MR) is 125 cm³/mol. The number of benzene rings is 3. The first-order valence-corrected chi connectivity index (χ1v) is 11.8. The molecular formula is C25H28N2O3S. The Kier molecular flexibility index (Phi) is 6.81. The van der Waals surface area contributed by atoms with Gasteiger partial charge in [-0.2, -0.15) is 0 Å². The molecule has 3 rings (SSSR count). The zero-order valence-corrected chi connectivity index (χ0v) is 19.1. The topological polar surface area (TPSA) is 75.3 Å². The van der Waals surface area contributed by atoms with Crippen LogP contribution in [0.4, 0.5) is 5.69 Å². The first-order valence-electron chi connectivity index (χ1n) is 10.3. The molecule has 0 aliphatic heterocycles. The summed E-state index contributed by atoms with van der Waals surface area (Å²) >= 11 is 0. The number of anilines is 1. The Bertz CT molecular complexity index is 1190. The van der Waals surface area contributed by atoms with Gasteiger partial charge in [-0.3, -0.25) is 9.52 Å². The third kappa shape index (κ3) is 5.14. The summed E-state index contributed by atoms with van der Waals surface area (Å²) in [4.78, 5) is 13.3. The van der Waals surface area contributed by atoms with E-state index >= 15 is 0 Å². The van der Waals surface area contributed by atoms with Crippen molar-refractivity contribution in [3.63, 3.8) is 0 Å². The molecule has 0 spiro atoms. The van der Waals surface area contributed by atoms with E-state index in [0.29, 0.717) is 16.8 Å². The van der Waals surface area contributed by atoms with E-state index < -0.39 is 10.0 Å². The fraction of sp³-hybridized carbons (Fsp3) is 0.240. The van der Waals surface area contributed by atoms with Gasteiger partial charge in [-0.05, 0) is 68.1 Å². The molecule has 31 heavy (non-hydrogen) atoms. The SMILES string of the molecule is CC[C@@H](NC(=O)c1cccc(NS(=O)(=O)c2ccccc2)c1C)c1ccc(C)cc1C. The molecule has 1 atom stereocenters. The summed E-state index contributed by atoms with van der Waals surface area (Å²) in [5.74, 6) is -0.231. The second-order valence-corrected chi connectivity index (χ2v) is 9.37. The first kappa shape index (κ1) is 22.6. The molecule has 162 valence electrons. The maximum atomic E-state index is 13.1. The van der Waals surface area contributed by atoms with Crippen LogP contribution in [0.2, 0.25) is 0 Å². The summed E-state index contributed by atoms with van der Waals surface area (Å²) < 4.78 is 28.0. The number of amides is 1. The van der Waals surface area contributed by atoms with Crippen LogP contribution >= 0.6 is 0 Å². The molecule has 5 nitrogen and oxygen atoms in total. The predicted octanol–water partition coefficient (Wildman–Crippen LogP) is 5.29. The number of hydrogen-bond acceptors (Lipinski definition) is 3. The molecule has 0 aromatic heterocycles. The fourth-order valence-corrected chi connectivity index (χ4v) is 4.79. The van der Waals surface area contributed by atoms with Gasteiger partial charge in [-0.15, -0.1) is 0 Å². The van der Waals surface area contributed by atoms with Crippen molar-refractivity contribution in [2.75, 3.05) is 4.72 Å². The van der Waals surface area contributed by atoms with E-state index in [4.69, 9.17) is 0 Å². The van der Waals surface area contributed by atoms with Crippen LogP contribution < -0.4 is 10.0 Å². The summed E-state index contributed by atoms with van der Waals surface area (Å²) in [5.41, 5.74) is 4.80. The van der Waals surface area contributed by atoms with Crippen molar-refractivity contribution >= 4 is 21.6 Å². The van der Waals surface area contributed by atoms with Crippen LogP contribution in [0.5, 0.6) is 0 Å². The number of carbonyl (C=O) groups excluding carboxylic acids is 1. The highest BCUT2D eigenvalue weighted by Crippen LogP contribution is 2.25. The van der Waals surface area contributed by atoms with Gasteiger partial charge in [0.1, 0.15) is 0 Å². The standard InChI is InChI=1S/C25H28N2O3S/c1-5-23(21-15-14-17(2)16-18(21)3)26-25(28)22-12-9-13-24(19(22)4)27-31(29,30)20-10-7-6-8-11-20/h6-16,23,27H,5H2,1-4H3,(H,26,28)/t23-/m1/s1. The minimum absolute atomic E-state index is 0.128. The molecule has 0 fully saturated rings. The molecule has 0 saturated heterocycles. The maximum Gasteiger partial charge on any atom is 0.261 e. The van der Waals surface area contributed by atoms with Crippen molar-refractivity contribution in [2.24, 2.45) is 0 Å². The zero-order valence-electron chi connectivity index (χ0n) is 18.3. The smallest absolute Gasteiger partial charge is 0.261 e. The second kappa shape index (κ2) is 9.35. The van der Waals surface area contributed by atoms with E-state index in [1.807, 2.05) is 26.8 Å². The van der Waals surface area contributed by atoms with Crippen molar-refractivity contribution in [3.8, 4) is 0 Å². The van der Waals surface area contributed by atoms with Gasteiger partial charge in [0.05, 0.1) is 16.6 Å². The van der Waals surface area contributed by atoms with Gasteiger partial charge in [0.2, 0.25) is 0 Å². The molecular weight excluding hydrogens is 408 g/mol. The Labute approximate surface area is 184 Å². The third-order valence-electron chi connectivity index (χ3n) is 5.39. The quantitative estimate of drug-likeness (QED) is 0.528. The minimum atomic E-state index is -3.74. The lowest BCUT2D eigenvalue weighted by atomic mass is 9.97. The number of carbonyl (C=O) groups is 1. The highest BCUT2D eigenvalue weighted by Gasteiger charge is 2.20. The zero-order chi connectivity index (χ0) is 22.6. The Balaban J connectivity index is 1.85. The van der Waals surface area contributed by atoms with Crippen molar-refractivity contribution in [3.05, 3.63) is 94.5 Å². The Hall–Kier alpha value is -3.12. The lowest BCUT2D eigenvalue weighted by Crippen LogP contribution is -2.29. The number of rotatable bonds is 7. The first-order chi connectivity index (χ1) is 14.7. The van der Waals surface area contributed by atoms with Gasteiger partial charge < -0.3 is 5.32 Å². The second-order valence-electron chi connectivity index (χ2n) is 7.69. The average molecular weight is 437 g/mol. The Morgan fingerprint density at radius 2 is 1.65 bits per heavy atom. The van der Waals surface area contributed by atoms with Crippen LogP contribution in [-0.4, -0.2) is 14.3 Å². The van der Waals surface area contributed by atoms with E-state index in [9.17, 15) is 13.2 Å². The molecule has 3 aromatic carbocycles. The van der Waals surface area contributed by atoms with Gasteiger partial charge >= 0.3 is 0 Å². The average Bonchev–Trinajstić information content (AvgIpc) is 2.74. The number of hydrogen-bond donors (Lipinski definition) is 2. The molecule has 1 amide bonds. The normalized spacial score (nSPS) is 12.3. The number of nitrogens with one attached hydrogen (secondary N) is 2. The van der Waals surface area contributed by atoms with Crippen molar-refractivity contribution in [1.82, 2.24) is 5.32 Å². The summed E-state index contributed by atoms with van der Waals surface area (Å²) in [6.07, 6.45) is 0.745. The summed E-state index contributed by atoms with van der Waals surface area (Å²) in [7, 11) is -3.74. The van der Waals surface area contributed by atoms with Crippen LogP contribution in [0.3, 0.4) is 0 Å². The third-order valence-corrected chi connectivity index (χ3v) is 6.77. The van der Waals surface area contributed by atoms with E-state index in [2.05, 4.69) is 22.2 Å². The van der Waals surface area contributed by atoms with Gasteiger partial charge in [0, 0.05) is 5.56 Å². The summed E-state index contributed by atoms with van der Waals surface area (Å²) in [6.45, 7) is 7.86. The van der Waals surface area contributed by atoms with Crippen LogP contribution in [0.15, 0.2) is 71.6 Å². The maximum absolute atomic E-state index is 13.1. The highest BCUT2D eigenvalue weighted by atomic mass is 32.2. The van der Waals surface area contributed by atoms with Crippen LogP contribution in [0, 0.1) is 20.8 Å². The summed E-state index contributed by atoms with van der Waals surface area (Å²) in [6, 6.07) is 19.3. The van der Waals surface area contributed by atoms with Crippen LogP contribution in [0.1, 0.15) is 52.0 Å².